The summed E-state index contributed by atoms with van der Waals surface area (Å²) in [6.45, 7) is 1.39. The average molecular weight is 467 g/mol. The Kier molecular flexibility index (Phi) is 5.80. The zero-order chi connectivity index (χ0) is 23.6. The van der Waals surface area contributed by atoms with Crippen LogP contribution in [0.4, 0.5) is 5.69 Å². The molecule has 0 aliphatic carbocycles. The van der Waals surface area contributed by atoms with E-state index in [1.54, 1.807) is 36.4 Å². The van der Waals surface area contributed by atoms with Gasteiger partial charge < -0.3 is 14.3 Å². The van der Waals surface area contributed by atoms with Gasteiger partial charge in [-0.2, -0.15) is 0 Å². The first-order chi connectivity index (χ1) is 15.8. The molecule has 4 aromatic rings. The summed E-state index contributed by atoms with van der Waals surface area (Å²) >= 11 is 0. The van der Waals surface area contributed by atoms with E-state index in [0.717, 1.165) is 6.07 Å². The summed E-state index contributed by atoms with van der Waals surface area (Å²) in [5, 5.41) is 30.1. The molecule has 0 aliphatic rings. The molecule has 0 bridgehead atoms. The summed E-state index contributed by atoms with van der Waals surface area (Å²) in [6.07, 6.45) is 0. The van der Waals surface area contributed by atoms with E-state index in [9.17, 15) is 23.6 Å². The van der Waals surface area contributed by atoms with Crippen LogP contribution in [0.3, 0.4) is 0 Å². The van der Waals surface area contributed by atoms with Crippen LogP contribution < -0.4 is 4.74 Å². The Hall–Kier alpha value is -4.25. The number of hydrogen-bond donors (Lipinski definition) is 1. The first kappa shape index (κ1) is 22.0. The number of aromatic hydroxyl groups is 1. The van der Waals surface area contributed by atoms with Gasteiger partial charge in [-0.15, -0.1) is 10.2 Å². The molecule has 168 valence electrons. The summed E-state index contributed by atoms with van der Waals surface area (Å²) in [6, 6.07) is 17.2. The maximum absolute atomic E-state index is 13.5. The number of hydrogen-bond acceptors (Lipinski definition) is 9. The lowest BCUT2D eigenvalue weighted by atomic mass is 10.1. The van der Waals surface area contributed by atoms with Crippen LogP contribution in [0.1, 0.15) is 11.5 Å². The number of nitro benzene ring substituents is 1. The van der Waals surface area contributed by atoms with Crippen LogP contribution in [0.2, 0.25) is 0 Å². The summed E-state index contributed by atoms with van der Waals surface area (Å²) in [5.74, 6) is -1.58. The van der Waals surface area contributed by atoms with Crippen LogP contribution in [0, 0.1) is 17.0 Å². The third-order valence-electron chi connectivity index (χ3n) is 4.71. The number of nitro groups is 1. The zero-order valence-electron chi connectivity index (χ0n) is 17.2. The monoisotopic (exact) mass is 467 g/mol. The van der Waals surface area contributed by atoms with Crippen molar-refractivity contribution >= 4 is 15.5 Å². The number of phenols is 1. The second kappa shape index (κ2) is 8.71. The minimum absolute atomic E-state index is 0.0601. The van der Waals surface area contributed by atoms with E-state index in [1.165, 1.54) is 31.2 Å². The molecule has 0 aliphatic heterocycles. The van der Waals surface area contributed by atoms with Gasteiger partial charge in [0.25, 0.3) is 5.89 Å². The van der Waals surface area contributed by atoms with Gasteiger partial charge in [-0.05, 0) is 17.7 Å². The number of aryl methyl sites for hydroxylation is 1. The van der Waals surface area contributed by atoms with Crippen LogP contribution >= 0.6 is 0 Å². The van der Waals surface area contributed by atoms with Crippen LogP contribution in [0.25, 0.3) is 11.5 Å². The molecular weight excluding hydrogens is 450 g/mol. The van der Waals surface area contributed by atoms with Crippen molar-refractivity contribution in [3.05, 3.63) is 88.3 Å². The van der Waals surface area contributed by atoms with Gasteiger partial charge in [-0.3, -0.25) is 10.1 Å². The van der Waals surface area contributed by atoms with E-state index in [-0.39, 0.29) is 23.1 Å². The fourth-order valence-corrected chi connectivity index (χ4v) is 4.66. The maximum atomic E-state index is 13.5. The Morgan fingerprint density at radius 2 is 1.70 bits per heavy atom. The molecule has 0 saturated carbocycles. The lowest BCUT2D eigenvalue weighted by Crippen LogP contribution is -2.08. The Bertz CT molecular complexity index is 1420. The number of aromatic nitrogens is 2. The van der Waals surface area contributed by atoms with Gasteiger partial charge in [0.15, 0.2) is 5.75 Å². The normalized spacial score (nSPS) is 11.3. The van der Waals surface area contributed by atoms with E-state index in [0.29, 0.717) is 5.56 Å². The fourth-order valence-electron chi connectivity index (χ4n) is 3.18. The first-order valence-corrected chi connectivity index (χ1v) is 11.1. The summed E-state index contributed by atoms with van der Waals surface area (Å²) in [7, 11) is -4.31. The van der Waals surface area contributed by atoms with Crippen LogP contribution in [-0.4, -0.2) is 28.6 Å². The molecule has 3 aromatic carbocycles. The number of phenolic OH excluding ortho intramolecular Hbond substituents is 1. The minimum Gasteiger partial charge on any atom is -0.499 e. The minimum atomic E-state index is -4.31. The van der Waals surface area contributed by atoms with Crippen molar-refractivity contribution in [2.24, 2.45) is 0 Å². The van der Waals surface area contributed by atoms with Gasteiger partial charge in [-0.25, -0.2) is 8.42 Å². The molecule has 0 radical (unpaired) electrons. The smallest absolute Gasteiger partial charge is 0.328 e. The van der Waals surface area contributed by atoms with Crippen molar-refractivity contribution in [3.63, 3.8) is 0 Å². The fraction of sp³-hybridized carbons (Fsp3) is 0.0909. The van der Waals surface area contributed by atoms with Crippen molar-refractivity contribution in [2.45, 2.75) is 23.3 Å². The second-order valence-corrected chi connectivity index (χ2v) is 8.84. The van der Waals surface area contributed by atoms with Crippen molar-refractivity contribution in [1.29, 1.82) is 0 Å². The van der Waals surface area contributed by atoms with Gasteiger partial charge in [-0.1, -0.05) is 48.5 Å². The number of ether oxygens (including phenoxy) is 1. The van der Waals surface area contributed by atoms with Gasteiger partial charge >= 0.3 is 5.69 Å². The van der Waals surface area contributed by atoms with Gasteiger partial charge in [0.05, 0.1) is 14.7 Å². The maximum Gasteiger partial charge on any atom is 0.328 e. The third kappa shape index (κ3) is 4.26. The van der Waals surface area contributed by atoms with Crippen LogP contribution in [0.15, 0.2) is 80.9 Å². The highest BCUT2D eigenvalue weighted by atomic mass is 32.2. The number of rotatable bonds is 7. The molecule has 1 aromatic heterocycles. The molecule has 11 heteroatoms. The molecule has 10 nitrogen and oxygen atoms in total. The van der Waals surface area contributed by atoms with Gasteiger partial charge in [0.1, 0.15) is 12.2 Å². The molecule has 0 atom stereocenters. The number of nitrogens with zero attached hydrogens (tertiary/aromatic N) is 3. The topological polar surface area (TPSA) is 146 Å². The lowest BCUT2D eigenvalue weighted by Gasteiger charge is -2.14. The Morgan fingerprint density at radius 3 is 2.27 bits per heavy atom. The van der Waals surface area contributed by atoms with Crippen LogP contribution in [-0.2, 0) is 16.4 Å². The zero-order valence-corrected chi connectivity index (χ0v) is 18.0. The van der Waals surface area contributed by atoms with E-state index >= 15 is 0 Å². The molecule has 0 fully saturated rings. The molecule has 0 saturated heterocycles. The Balaban J connectivity index is 1.97. The summed E-state index contributed by atoms with van der Waals surface area (Å²) in [4.78, 5) is 10.4. The quantitative estimate of drug-likeness (QED) is 0.314. The molecular formula is C22H17N3O7S. The highest BCUT2D eigenvalue weighted by molar-refractivity contribution is 7.91. The third-order valence-corrected chi connectivity index (χ3v) is 6.50. The average Bonchev–Trinajstić information content (AvgIpc) is 3.24. The van der Waals surface area contributed by atoms with E-state index in [2.05, 4.69) is 10.2 Å². The molecule has 0 unspecified atom stereocenters. The largest absolute Gasteiger partial charge is 0.499 e. The molecule has 1 heterocycles. The lowest BCUT2D eigenvalue weighted by molar-refractivity contribution is -0.385. The predicted octanol–water partition coefficient (Wildman–Crippen LogP) is 4.07. The van der Waals surface area contributed by atoms with Crippen molar-refractivity contribution in [1.82, 2.24) is 10.2 Å². The Labute approximate surface area is 188 Å². The first-order valence-electron chi connectivity index (χ1n) is 9.60. The van der Waals surface area contributed by atoms with E-state index in [4.69, 9.17) is 9.15 Å². The van der Waals surface area contributed by atoms with Crippen molar-refractivity contribution in [3.8, 4) is 23.0 Å². The van der Waals surface area contributed by atoms with E-state index < -0.39 is 42.5 Å². The van der Waals surface area contributed by atoms with Crippen molar-refractivity contribution < 1.29 is 27.6 Å². The van der Waals surface area contributed by atoms with Crippen LogP contribution in [0.5, 0.6) is 11.5 Å². The number of sulfone groups is 1. The molecule has 0 spiro atoms. The molecule has 0 amide bonds. The molecule has 4 rings (SSSR count). The van der Waals surface area contributed by atoms with E-state index in [1.807, 2.05) is 0 Å². The standard InChI is InChI=1S/C22H17N3O7S/c1-14-23-24-22(32-14)19-18(33(29,30)16-10-6-3-7-11-16)12-17(21(26)20(19)25(27)28)31-13-15-8-4-2-5-9-15/h2-12,26H,13H2,1H3. The Morgan fingerprint density at radius 1 is 1.06 bits per heavy atom. The second-order valence-electron chi connectivity index (χ2n) is 6.92. The summed E-state index contributed by atoms with van der Waals surface area (Å²) in [5.41, 5.74) is -0.726. The highest BCUT2D eigenvalue weighted by Crippen LogP contribution is 2.48. The van der Waals surface area contributed by atoms with Crippen molar-refractivity contribution in [2.75, 3.05) is 0 Å². The SMILES string of the molecule is Cc1nnc(-c2c(S(=O)(=O)c3ccccc3)cc(OCc3ccccc3)c(O)c2[N+](=O)[O-])o1. The predicted molar refractivity (Wildman–Crippen MR) is 115 cm³/mol. The molecule has 33 heavy (non-hydrogen) atoms. The summed E-state index contributed by atoms with van der Waals surface area (Å²) < 4.78 is 37.9. The molecule has 1 N–H and O–H groups in total. The van der Waals surface area contributed by atoms with Gasteiger partial charge in [0, 0.05) is 13.0 Å². The van der Waals surface area contributed by atoms with Gasteiger partial charge in [0.2, 0.25) is 21.5 Å². The highest BCUT2D eigenvalue weighted by Gasteiger charge is 2.37. The number of benzene rings is 3.